The summed E-state index contributed by atoms with van der Waals surface area (Å²) >= 11 is 0. The Morgan fingerprint density at radius 1 is 0.720 bits per heavy atom. The fourth-order valence-corrected chi connectivity index (χ4v) is 3.74. The molecular formula is C20H14O4S. The highest BCUT2D eigenvalue weighted by molar-refractivity contribution is 7.87. The minimum atomic E-state index is -3.99. The van der Waals surface area contributed by atoms with E-state index in [4.69, 9.17) is 4.18 Å². The maximum Gasteiger partial charge on any atom is 0.339 e. The standard InChI is InChI=1S/C20H14O4S/c21-17-8-10-18(11-9-17)25(22,23)24-20-7-3-6-16-12-14-4-1-2-5-15(14)13-19(16)20/h1-13,21H. The zero-order chi connectivity index (χ0) is 17.4. The van der Waals surface area contributed by atoms with E-state index in [0.29, 0.717) is 0 Å². The topological polar surface area (TPSA) is 63.6 Å². The van der Waals surface area contributed by atoms with Crippen molar-refractivity contribution in [3.05, 3.63) is 78.9 Å². The van der Waals surface area contributed by atoms with Gasteiger partial charge in [0.15, 0.2) is 5.75 Å². The molecule has 0 unspecified atom stereocenters. The van der Waals surface area contributed by atoms with Crippen molar-refractivity contribution in [1.29, 1.82) is 0 Å². The van der Waals surface area contributed by atoms with Gasteiger partial charge in [0, 0.05) is 5.39 Å². The van der Waals surface area contributed by atoms with Crippen molar-refractivity contribution in [2.24, 2.45) is 0 Å². The summed E-state index contributed by atoms with van der Waals surface area (Å²) in [5.74, 6) is 0.270. The summed E-state index contributed by atoms with van der Waals surface area (Å²) in [6.07, 6.45) is 0. The van der Waals surface area contributed by atoms with Crippen molar-refractivity contribution < 1.29 is 17.7 Å². The monoisotopic (exact) mass is 350 g/mol. The Morgan fingerprint density at radius 2 is 1.36 bits per heavy atom. The normalized spacial score (nSPS) is 11.7. The summed E-state index contributed by atoms with van der Waals surface area (Å²) in [6.45, 7) is 0. The Kier molecular flexibility index (Phi) is 3.58. The maximum absolute atomic E-state index is 12.5. The molecule has 0 aromatic heterocycles. The fraction of sp³-hybridized carbons (Fsp3) is 0. The summed E-state index contributed by atoms with van der Waals surface area (Å²) < 4.78 is 30.4. The van der Waals surface area contributed by atoms with Crippen molar-refractivity contribution in [3.8, 4) is 11.5 Å². The van der Waals surface area contributed by atoms with Crippen LogP contribution in [-0.2, 0) is 10.1 Å². The van der Waals surface area contributed by atoms with E-state index in [1.54, 1.807) is 12.1 Å². The molecule has 25 heavy (non-hydrogen) atoms. The predicted octanol–water partition coefficient (Wildman–Crippen LogP) is 4.47. The third-order valence-electron chi connectivity index (χ3n) is 4.03. The maximum atomic E-state index is 12.5. The molecule has 0 heterocycles. The molecule has 4 aromatic rings. The first-order valence-electron chi connectivity index (χ1n) is 7.68. The molecule has 5 heteroatoms. The lowest BCUT2D eigenvalue weighted by atomic mass is 10.0. The van der Waals surface area contributed by atoms with Crippen molar-refractivity contribution in [2.75, 3.05) is 0 Å². The molecule has 0 saturated carbocycles. The van der Waals surface area contributed by atoms with Crippen LogP contribution in [0.25, 0.3) is 21.5 Å². The predicted molar refractivity (Wildman–Crippen MR) is 97.4 cm³/mol. The van der Waals surface area contributed by atoms with Crippen LogP contribution in [-0.4, -0.2) is 13.5 Å². The Labute approximate surface area is 145 Å². The number of aromatic hydroxyl groups is 1. The molecule has 0 spiro atoms. The van der Waals surface area contributed by atoms with E-state index in [2.05, 4.69) is 0 Å². The minimum Gasteiger partial charge on any atom is -0.508 e. The first kappa shape index (κ1) is 15.5. The molecule has 0 amide bonds. The van der Waals surface area contributed by atoms with Crippen LogP contribution in [0, 0.1) is 0 Å². The molecule has 124 valence electrons. The number of hydrogen-bond acceptors (Lipinski definition) is 4. The summed E-state index contributed by atoms with van der Waals surface area (Å²) in [4.78, 5) is -0.0110. The van der Waals surface area contributed by atoms with Crippen molar-refractivity contribution in [3.63, 3.8) is 0 Å². The Hall–Kier alpha value is -3.05. The molecule has 0 saturated heterocycles. The molecule has 0 aliphatic rings. The first-order valence-corrected chi connectivity index (χ1v) is 9.09. The van der Waals surface area contributed by atoms with E-state index in [9.17, 15) is 13.5 Å². The largest absolute Gasteiger partial charge is 0.508 e. The van der Waals surface area contributed by atoms with Gasteiger partial charge in [-0.25, -0.2) is 0 Å². The van der Waals surface area contributed by atoms with Gasteiger partial charge in [-0.15, -0.1) is 0 Å². The molecule has 0 fully saturated rings. The van der Waals surface area contributed by atoms with E-state index < -0.39 is 10.1 Å². The van der Waals surface area contributed by atoms with Crippen LogP contribution in [0.2, 0.25) is 0 Å². The van der Waals surface area contributed by atoms with E-state index in [-0.39, 0.29) is 16.4 Å². The van der Waals surface area contributed by atoms with Crippen LogP contribution >= 0.6 is 0 Å². The second-order valence-electron chi connectivity index (χ2n) is 5.71. The molecule has 4 aromatic carbocycles. The van der Waals surface area contributed by atoms with Gasteiger partial charge in [-0.3, -0.25) is 0 Å². The van der Waals surface area contributed by atoms with Crippen LogP contribution < -0.4 is 4.18 Å². The molecule has 0 radical (unpaired) electrons. The molecule has 0 atom stereocenters. The van der Waals surface area contributed by atoms with E-state index in [0.717, 1.165) is 21.5 Å². The highest BCUT2D eigenvalue weighted by Crippen LogP contribution is 2.32. The molecular weight excluding hydrogens is 336 g/mol. The van der Waals surface area contributed by atoms with Crippen LogP contribution in [0.5, 0.6) is 11.5 Å². The number of fused-ring (bicyclic) bond motifs is 2. The molecule has 4 nitrogen and oxygen atoms in total. The number of phenolic OH excluding ortho intramolecular Hbond substituents is 1. The number of hydrogen-bond donors (Lipinski definition) is 1. The zero-order valence-electron chi connectivity index (χ0n) is 13.1. The average molecular weight is 350 g/mol. The van der Waals surface area contributed by atoms with Gasteiger partial charge in [0.25, 0.3) is 0 Å². The Bertz CT molecular complexity index is 1180. The zero-order valence-corrected chi connectivity index (χ0v) is 13.9. The fourth-order valence-electron chi connectivity index (χ4n) is 2.79. The molecule has 1 N–H and O–H groups in total. The van der Waals surface area contributed by atoms with E-state index >= 15 is 0 Å². The smallest absolute Gasteiger partial charge is 0.339 e. The second kappa shape index (κ2) is 5.79. The summed E-state index contributed by atoms with van der Waals surface area (Å²) in [5.41, 5.74) is 0. The molecule has 0 aliphatic carbocycles. The van der Waals surface area contributed by atoms with Crippen molar-refractivity contribution in [1.82, 2.24) is 0 Å². The Balaban J connectivity index is 1.83. The quantitative estimate of drug-likeness (QED) is 0.437. The Morgan fingerprint density at radius 3 is 2.08 bits per heavy atom. The van der Waals surface area contributed by atoms with Gasteiger partial charge in [0.2, 0.25) is 0 Å². The number of benzene rings is 4. The van der Waals surface area contributed by atoms with Gasteiger partial charge in [-0.05, 0) is 58.6 Å². The van der Waals surface area contributed by atoms with Gasteiger partial charge in [0.1, 0.15) is 10.6 Å². The third kappa shape index (κ3) is 2.90. The molecule has 0 aliphatic heterocycles. The summed E-state index contributed by atoms with van der Waals surface area (Å²) in [7, 11) is -3.99. The first-order chi connectivity index (χ1) is 12.0. The van der Waals surface area contributed by atoms with Crippen LogP contribution in [0.4, 0.5) is 0 Å². The second-order valence-corrected chi connectivity index (χ2v) is 7.25. The molecule has 4 rings (SSSR count). The highest BCUT2D eigenvalue weighted by Gasteiger charge is 2.18. The van der Waals surface area contributed by atoms with Gasteiger partial charge >= 0.3 is 10.1 Å². The lowest BCUT2D eigenvalue weighted by Crippen LogP contribution is -2.09. The van der Waals surface area contributed by atoms with Gasteiger partial charge in [-0.2, -0.15) is 8.42 Å². The highest BCUT2D eigenvalue weighted by atomic mass is 32.2. The SMILES string of the molecule is O=S(=O)(Oc1cccc2cc3ccccc3cc12)c1ccc(O)cc1. The number of rotatable bonds is 3. The lowest BCUT2D eigenvalue weighted by molar-refractivity contribution is 0.473. The number of phenols is 1. The summed E-state index contributed by atoms with van der Waals surface area (Å²) in [5, 5.41) is 13.0. The van der Waals surface area contributed by atoms with Crippen molar-refractivity contribution in [2.45, 2.75) is 4.90 Å². The third-order valence-corrected chi connectivity index (χ3v) is 5.28. The summed E-state index contributed by atoms with van der Waals surface area (Å²) in [6, 6.07) is 22.4. The van der Waals surface area contributed by atoms with Crippen LogP contribution in [0.1, 0.15) is 0 Å². The average Bonchev–Trinajstić information content (AvgIpc) is 2.60. The van der Waals surface area contributed by atoms with Crippen LogP contribution in [0.3, 0.4) is 0 Å². The lowest BCUT2D eigenvalue weighted by Gasteiger charge is -2.11. The van der Waals surface area contributed by atoms with E-state index in [1.807, 2.05) is 42.5 Å². The van der Waals surface area contributed by atoms with Gasteiger partial charge in [-0.1, -0.05) is 36.4 Å². The van der Waals surface area contributed by atoms with E-state index in [1.165, 1.54) is 24.3 Å². The molecule has 0 bridgehead atoms. The van der Waals surface area contributed by atoms with Crippen molar-refractivity contribution >= 4 is 31.7 Å². The van der Waals surface area contributed by atoms with Gasteiger partial charge < -0.3 is 9.29 Å². The van der Waals surface area contributed by atoms with Crippen LogP contribution in [0.15, 0.2) is 83.8 Å². The minimum absolute atomic E-state index is 0.00409. The van der Waals surface area contributed by atoms with Gasteiger partial charge in [0.05, 0.1) is 0 Å².